The van der Waals surface area contributed by atoms with Gasteiger partial charge in [0.1, 0.15) is 0 Å². The smallest absolute Gasteiger partial charge is 0.258 e. The van der Waals surface area contributed by atoms with Crippen LogP contribution in [0, 0.1) is 11.7 Å². The van der Waals surface area contributed by atoms with E-state index in [1.165, 1.54) is 12.1 Å². The van der Waals surface area contributed by atoms with Crippen LogP contribution in [0.2, 0.25) is 0 Å². The normalized spacial score (nSPS) is 12.0. The summed E-state index contributed by atoms with van der Waals surface area (Å²) in [5.41, 5.74) is 1.06. The van der Waals surface area contributed by atoms with Gasteiger partial charge in [-0.05, 0) is 30.0 Å². The molecular formula is C19H22FNO2. The van der Waals surface area contributed by atoms with E-state index in [9.17, 15) is 9.18 Å². The highest BCUT2D eigenvalue weighted by molar-refractivity contribution is 5.78. The Morgan fingerprint density at radius 2 is 1.74 bits per heavy atom. The summed E-state index contributed by atoms with van der Waals surface area (Å²) in [4.78, 5) is 12.1. The van der Waals surface area contributed by atoms with Crippen molar-refractivity contribution in [1.29, 1.82) is 0 Å². The number of carbonyl (C=O) groups excluding carboxylic acids is 1. The summed E-state index contributed by atoms with van der Waals surface area (Å²) in [6.45, 7) is 4.01. The number of carbonyl (C=O) groups is 1. The van der Waals surface area contributed by atoms with Crippen LogP contribution in [0.25, 0.3) is 0 Å². The van der Waals surface area contributed by atoms with Crippen LogP contribution in [0.4, 0.5) is 4.39 Å². The molecule has 0 aliphatic carbocycles. The second kappa shape index (κ2) is 8.32. The molecule has 23 heavy (non-hydrogen) atoms. The van der Waals surface area contributed by atoms with E-state index in [0.29, 0.717) is 5.92 Å². The van der Waals surface area contributed by atoms with Gasteiger partial charge < -0.3 is 10.1 Å². The van der Waals surface area contributed by atoms with E-state index in [1.807, 2.05) is 30.3 Å². The van der Waals surface area contributed by atoms with Gasteiger partial charge in [0.2, 0.25) is 0 Å². The molecule has 1 amide bonds. The highest BCUT2D eigenvalue weighted by Gasteiger charge is 2.16. The average molecular weight is 315 g/mol. The highest BCUT2D eigenvalue weighted by Crippen LogP contribution is 2.21. The molecule has 1 N–H and O–H groups in total. The summed E-state index contributed by atoms with van der Waals surface area (Å²) >= 11 is 0. The zero-order valence-electron chi connectivity index (χ0n) is 13.5. The minimum absolute atomic E-state index is 0.0760. The molecule has 122 valence electrons. The van der Waals surface area contributed by atoms with E-state index in [0.717, 1.165) is 12.0 Å². The number of ether oxygens (including phenoxy) is 1. The maximum atomic E-state index is 13.5. The van der Waals surface area contributed by atoms with Crippen molar-refractivity contribution in [1.82, 2.24) is 5.32 Å². The van der Waals surface area contributed by atoms with E-state index < -0.39 is 5.82 Å². The molecule has 1 atom stereocenters. The summed E-state index contributed by atoms with van der Waals surface area (Å²) in [6.07, 6.45) is 0.829. The molecule has 0 saturated heterocycles. The van der Waals surface area contributed by atoms with Gasteiger partial charge in [-0.15, -0.1) is 0 Å². The van der Waals surface area contributed by atoms with Crippen LogP contribution < -0.4 is 10.1 Å². The van der Waals surface area contributed by atoms with Gasteiger partial charge in [-0.25, -0.2) is 4.39 Å². The van der Waals surface area contributed by atoms with Crippen LogP contribution >= 0.6 is 0 Å². The van der Waals surface area contributed by atoms with E-state index in [2.05, 4.69) is 19.2 Å². The molecule has 4 heteroatoms. The third-order valence-corrected chi connectivity index (χ3v) is 3.44. The molecule has 0 aromatic heterocycles. The molecule has 0 bridgehead atoms. The van der Waals surface area contributed by atoms with Gasteiger partial charge in [-0.2, -0.15) is 0 Å². The minimum Gasteiger partial charge on any atom is -0.481 e. The van der Waals surface area contributed by atoms with Crippen LogP contribution in [-0.4, -0.2) is 12.5 Å². The Balaban J connectivity index is 1.96. The van der Waals surface area contributed by atoms with E-state index in [-0.39, 0.29) is 24.3 Å². The topological polar surface area (TPSA) is 38.3 Å². The average Bonchev–Trinajstić information content (AvgIpc) is 2.54. The Hall–Kier alpha value is -2.36. The summed E-state index contributed by atoms with van der Waals surface area (Å²) in [5, 5.41) is 2.97. The molecule has 0 heterocycles. The molecule has 2 aromatic rings. The number of nitrogens with one attached hydrogen (secondary N) is 1. The molecule has 0 unspecified atom stereocenters. The first-order valence-corrected chi connectivity index (χ1v) is 7.78. The third kappa shape index (κ3) is 5.40. The van der Waals surface area contributed by atoms with Crippen molar-refractivity contribution in [3.63, 3.8) is 0 Å². The molecule has 2 aromatic carbocycles. The number of hydrogen-bond acceptors (Lipinski definition) is 2. The van der Waals surface area contributed by atoms with Crippen molar-refractivity contribution >= 4 is 5.91 Å². The number of rotatable bonds is 7. The predicted octanol–water partition coefficient (Wildman–Crippen LogP) is 4.11. The lowest BCUT2D eigenvalue weighted by atomic mass is 9.97. The van der Waals surface area contributed by atoms with Crippen LogP contribution in [0.1, 0.15) is 31.9 Å². The second-order valence-corrected chi connectivity index (χ2v) is 5.88. The number of halogens is 1. The fraction of sp³-hybridized carbons (Fsp3) is 0.316. The van der Waals surface area contributed by atoms with Gasteiger partial charge in [-0.3, -0.25) is 4.79 Å². The molecule has 3 nitrogen and oxygen atoms in total. The summed E-state index contributed by atoms with van der Waals surface area (Å²) in [7, 11) is 0. The molecule has 0 aliphatic rings. The Labute approximate surface area is 136 Å². The monoisotopic (exact) mass is 315 g/mol. The van der Waals surface area contributed by atoms with Gasteiger partial charge in [0.15, 0.2) is 18.2 Å². The first-order valence-electron chi connectivity index (χ1n) is 7.78. The van der Waals surface area contributed by atoms with E-state index in [1.54, 1.807) is 12.1 Å². The Morgan fingerprint density at radius 1 is 1.09 bits per heavy atom. The van der Waals surface area contributed by atoms with Gasteiger partial charge in [0.05, 0.1) is 6.04 Å². The second-order valence-electron chi connectivity index (χ2n) is 5.88. The van der Waals surface area contributed by atoms with Gasteiger partial charge >= 0.3 is 0 Å². The third-order valence-electron chi connectivity index (χ3n) is 3.44. The van der Waals surface area contributed by atoms with E-state index in [4.69, 9.17) is 4.74 Å². The summed E-state index contributed by atoms with van der Waals surface area (Å²) < 4.78 is 18.7. The maximum absolute atomic E-state index is 13.5. The standard InChI is InChI=1S/C19H22FNO2/c1-14(2)12-17(15-8-4-3-5-9-15)21-19(22)13-23-18-11-7-6-10-16(18)20/h3-11,14,17H,12-13H2,1-2H3,(H,21,22)/t17-/m1/s1. The van der Waals surface area contributed by atoms with Crippen molar-refractivity contribution in [2.24, 2.45) is 5.92 Å². The quantitative estimate of drug-likeness (QED) is 0.835. The Morgan fingerprint density at radius 3 is 2.39 bits per heavy atom. The zero-order chi connectivity index (χ0) is 16.7. The predicted molar refractivity (Wildman–Crippen MR) is 88.7 cm³/mol. The number of amides is 1. The van der Waals surface area contributed by atoms with Crippen LogP contribution in [0.5, 0.6) is 5.75 Å². The lowest BCUT2D eigenvalue weighted by Crippen LogP contribution is -2.33. The molecule has 0 spiro atoms. The molecule has 0 saturated carbocycles. The first kappa shape index (κ1) is 17.0. The Kier molecular flexibility index (Phi) is 6.15. The van der Waals surface area contributed by atoms with Crippen molar-refractivity contribution in [2.75, 3.05) is 6.61 Å². The lowest BCUT2D eigenvalue weighted by molar-refractivity contribution is -0.124. The van der Waals surface area contributed by atoms with Gasteiger partial charge in [0, 0.05) is 0 Å². The van der Waals surface area contributed by atoms with Crippen LogP contribution in [0.3, 0.4) is 0 Å². The van der Waals surface area contributed by atoms with Crippen molar-refractivity contribution < 1.29 is 13.9 Å². The lowest BCUT2D eigenvalue weighted by Gasteiger charge is -2.21. The van der Waals surface area contributed by atoms with Gasteiger partial charge in [0.25, 0.3) is 5.91 Å². The Bertz CT molecular complexity index is 628. The molecule has 0 fully saturated rings. The minimum atomic E-state index is -0.470. The largest absolute Gasteiger partial charge is 0.481 e. The van der Waals surface area contributed by atoms with E-state index >= 15 is 0 Å². The molecule has 0 aliphatic heterocycles. The fourth-order valence-electron chi connectivity index (χ4n) is 2.38. The molecule has 0 radical (unpaired) electrons. The van der Waals surface area contributed by atoms with Crippen molar-refractivity contribution in [2.45, 2.75) is 26.3 Å². The zero-order valence-corrected chi connectivity index (χ0v) is 13.5. The SMILES string of the molecule is CC(C)C[C@@H](NC(=O)COc1ccccc1F)c1ccccc1. The van der Waals surface area contributed by atoms with Crippen molar-refractivity contribution in [3.8, 4) is 5.75 Å². The maximum Gasteiger partial charge on any atom is 0.258 e. The fourth-order valence-corrected chi connectivity index (χ4v) is 2.38. The van der Waals surface area contributed by atoms with Gasteiger partial charge in [-0.1, -0.05) is 56.3 Å². The van der Waals surface area contributed by atoms with Crippen LogP contribution in [0.15, 0.2) is 54.6 Å². The summed E-state index contributed by atoms with van der Waals surface area (Å²) in [5.74, 6) is -0.208. The molecule has 2 rings (SSSR count). The number of para-hydroxylation sites is 1. The summed E-state index contributed by atoms with van der Waals surface area (Å²) in [6, 6.07) is 15.8. The number of benzene rings is 2. The highest BCUT2D eigenvalue weighted by atomic mass is 19.1. The van der Waals surface area contributed by atoms with Crippen LogP contribution in [-0.2, 0) is 4.79 Å². The number of hydrogen-bond donors (Lipinski definition) is 1. The molecular weight excluding hydrogens is 293 g/mol. The first-order chi connectivity index (χ1) is 11.1. The van der Waals surface area contributed by atoms with Crippen molar-refractivity contribution in [3.05, 3.63) is 66.0 Å².